The second kappa shape index (κ2) is 11.0. The topological polar surface area (TPSA) is 118 Å². The van der Waals surface area contributed by atoms with E-state index in [1.54, 1.807) is 41.7 Å². The van der Waals surface area contributed by atoms with Gasteiger partial charge in [-0.3, -0.25) is 14.8 Å². The highest BCUT2D eigenvalue weighted by atomic mass is 35.5. The van der Waals surface area contributed by atoms with Crippen LogP contribution >= 0.6 is 12.4 Å². The van der Waals surface area contributed by atoms with Gasteiger partial charge in [0.05, 0.1) is 23.5 Å². The zero-order valence-electron chi connectivity index (χ0n) is 21.7. The predicted molar refractivity (Wildman–Crippen MR) is 156 cm³/mol. The minimum absolute atomic E-state index is 0. The van der Waals surface area contributed by atoms with Gasteiger partial charge >= 0.3 is 0 Å². The number of nitrogens with one attached hydrogen (secondary N) is 2. The number of halogens is 2. The zero-order chi connectivity index (χ0) is 27.1. The fourth-order valence-corrected chi connectivity index (χ4v) is 5.31. The monoisotopic (exact) mass is 569 g/mol. The van der Waals surface area contributed by atoms with E-state index < -0.39 is 11.7 Å². The van der Waals surface area contributed by atoms with Crippen LogP contribution < -0.4 is 10.2 Å². The fraction of sp³-hybridized carbons (Fsp3) is 0.172. The van der Waals surface area contributed by atoms with Gasteiger partial charge in [0.25, 0.3) is 5.91 Å². The fourth-order valence-electron chi connectivity index (χ4n) is 5.31. The standard InChI is InChI=1S/C29H24FN9O.ClH/c30-25-14-21(39-28-26(36-37-39)4-2-11-32-28)6-8-24(25)29(40)38(22-3-1-10-31-17-22)27-23-7-5-18(20-15-34-35-16-20)13-19(23)9-12-33-27;/h2,4-9,11-16,22,31H,1,3,10,17H2,(H,34,35);1H/t22-;/m1./s1. The Bertz CT molecular complexity index is 1850. The van der Waals surface area contributed by atoms with Crippen LogP contribution in [0.15, 0.2) is 79.4 Å². The predicted octanol–water partition coefficient (Wildman–Crippen LogP) is 4.71. The summed E-state index contributed by atoms with van der Waals surface area (Å²) in [5.41, 5.74) is 3.44. The average molecular weight is 570 g/mol. The number of hydrogen-bond acceptors (Lipinski definition) is 7. The molecule has 1 aliphatic rings. The molecule has 1 aliphatic heterocycles. The minimum Gasteiger partial charge on any atom is -0.315 e. The smallest absolute Gasteiger partial charge is 0.262 e. The number of nitrogens with zero attached hydrogens (tertiary/aromatic N) is 7. The van der Waals surface area contributed by atoms with Gasteiger partial charge in [0.2, 0.25) is 0 Å². The molecule has 1 fully saturated rings. The van der Waals surface area contributed by atoms with Gasteiger partial charge in [-0.1, -0.05) is 17.3 Å². The van der Waals surface area contributed by atoms with E-state index >= 15 is 4.39 Å². The highest BCUT2D eigenvalue weighted by Gasteiger charge is 2.31. The molecule has 41 heavy (non-hydrogen) atoms. The summed E-state index contributed by atoms with van der Waals surface area (Å²) in [6, 6.07) is 15.7. The van der Waals surface area contributed by atoms with Crippen LogP contribution in [0.2, 0.25) is 0 Å². The number of anilines is 1. The summed E-state index contributed by atoms with van der Waals surface area (Å²) in [5.74, 6) is -0.596. The molecule has 0 radical (unpaired) electrons. The van der Waals surface area contributed by atoms with Crippen LogP contribution in [0.3, 0.4) is 0 Å². The molecule has 1 saturated heterocycles. The minimum atomic E-state index is -0.654. The van der Waals surface area contributed by atoms with Crippen molar-refractivity contribution >= 4 is 46.1 Å². The van der Waals surface area contributed by atoms with Crippen molar-refractivity contribution in [2.75, 3.05) is 18.0 Å². The third kappa shape index (κ3) is 4.79. The van der Waals surface area contributed by atoms with E-state index in [2.05, 4.69) is 35.8 Å². The second-order valence-electron chi connectivity index (χ2n) is 9.74. The van der Waals surface area contributed by atoms with Crippen molar-refractivity contribution in [2.45, 2.75) is 18.9 Å². The average Bonchev–Trinajstić information content (AvgIpc) is 3.69. The molecule has 206 valence electrons. The Labute approximate surface area is 240 Å². The molecule has 10 nitrogen and oxygen atoms in total. The molecular weight excluding hydrogens is 545 g/mol. The van der Waals surface area contributed by atoms with Gasteiger partial charge in [-0.05, 0) is 66.7 Å². The largest absolute Gasteiger partial charge is 0.315 e. The lowest BCUT2D eigenvalue weighted by Gasteiger charge is -2.34. The van der Waals surface area contributed by atoms with Crippen molar-refractivity contribution in [1.82, 2.24) is 40.5 Å². The Morgan fingerprint density at radius 3 is 2.78 bits per heavy atom. The lowest BCUT2D eigenvalue weighted by molar-refractivity contribution is 0.0968. The van der Waals surface area contributed by atoms with Gasteiger partial charge in [0.15, 0.2) is 5.65 Å². The van der Waals surface area contributed by atoms with E-state index in [0.29, 0.717) is 29.2 Å². The number of fused-ring (bicyclic) bond motifs is 2. The molecular formula is C29H25ClFN9O. The molecule has 0 bridgehead atoms. The SMILES string of the molecule is Cl.O=C(c1ccc(-n2nnc3cccnc32)cc1F)N(c1nccc2cc(-c3cn[nH]c3)ccc12)[C@@H]1CCCNC1. The van der Waals surface area contributed by atoms with Gasteiger partial charge in [0.1, 0.15) is 17.2 Å². The summed E-state index contributed by atoms with van der Waals surface area (Å²) in [4.78, 5) is 24.7. The van der Waals surface area contributed by atoms with Crippen molar-refractivity contribution < 1.29 is 9.18 Å². The number of aromatic amines is 1. The first-order valence-electron chi connectivity index (χ1n) is 13.1. The Morgan fingerprint density at radius 1 is 1.05 bits per heavy atom. The van der Waals surface area contributed by atoms with E-state index in [0.717, 1.165) is 41.3 Å². The molecule has 0 unspecified atom stereocenters. The normalized spacial score (nSPS) is 15.1. The number of benzene rings is 2. The van der Waals surface area contributed by atoms with Gasteiger partial charge < -0.3 is 5.32 Å². The van der Waals surface area contributed by atoms with Crippen LogP contribution in [0.25, 0.3) is 38.8 Å². The highest BCUT2D eigenvalue weighted by Crippen LogP contribution is 2.32. The maximum Gasteiger partial charge on any atom is 0.262 e. The summed E-state index contributed by atoms with van der Waals surface area (Å²) < 4.78 is 17.1. The van der Waals surface area contributed by atoms with Crippen molar-refractivity contribution in [2.24, 2.45) is 0 Å². The first-order valence-corrected chi connectivity index (χ1v) is 13.1. The van der Waals surface area contributed by atoms with Gasteiger partial charge in [-0.2, -0.15) is 9.78 Å². The van der Waals surface area contributed by atoms with Crippen molar-refractivity contribution in [3.05, 3.63) is 90.8 Å². The maximum absolute atomic E-state index is 15.7. The van der Waals surface area contributed by atoms with Crippen LogP contribution in [-0.2, 0) is 0 Å². The number of carbonyl (C=O) groups is 1. The van der Waals surface area contributed by atoms with Crippen molar-refractivity contribution in [3.63, 3.8) is 0 Å². The van der Waals surface area contributed by atoms with Crippen LogP contribution in [0.5, 0.6) is 0 Å². The van der Waals surface area contributed by atoms with E-state index in [9.17, 15) is 4.79 Å². The van der Waals surface area contributed by atoms with E-state index in [1.807, 2.05) is 30.5 Å². The molecule has 12 heteroatoms. The Kier molecular flexibility index (Phi) is 7.12. The molecule has 4 aromatic heterocycles. The Balaban J connectivity index is 0.00000302. The van der Waals surface area contributed by atoms with Gasteiger partial charge in [0, 0.05) is 42.2 Å². The zero-order valence-corrected chi connectivity index (χ0v) is 22.6. The highest BCUT2D eigenvalue weighted by molar-refractivity contribution is 6.10. The number of piperidine rings is 1. The van der Waals surface area contributed by atoms with Crippen molar-refractivity contribution in [1.29, 1.82) is 0 Å². The lowest BCUT2D eigenvalue weighted by Crippen LogP contribution is -2.49. The molecule has 1 amide bonds. The molecule has 5 heterocycles. The van der Waals surface area contributed by atoms with E-state index in [4.69, 9.17) is 0 Å². The molecule has 1 atom stereocenters. The summed E-state index contributed by atoms with van der Waals surface area (Å²) in [6.45, 7) is 1.46. The van der Waals surface area contributed by atoms with Crippen LogP contribution in [0.1, 0.15) is 23.2 Å². The molecule has 0 saturated carbocycles. The van der Waals surface area contributed by atoms with E-state index in [-0.39, 0.29) is 24.0 Å². The number of aromatic nitrogens is 7. The second-order valence-corrected chi connectivity index (χ2v) is 9.74. The van der Waals surface area contributed by atoms with Gasteiger partial charge in [-0.15, -0.1) is 17.5 Å². The summed E-state index contributed by atoms with van der Waals surface area (Å²) in [6.07, 6.45) is 8.59. The first-order chi connectivity index (χ1) is 19.7. The Morgan fingerprint density at radius 2 is 1.98 bits per heavy atom. The number of H-pyrrole nitrogens is 1. The first kappa shape index (κ1) is 26.5. The Hall–Kier alpha value is -4.74. The molecule has 2 N–H and O–H groups in total. The van der Waals surface area contributed by atoms with Gasteiger partial charge in [-0.25, -0.2) is 14.4 Å². The van der Waals surface area contributed by atoms with Crippen LogP contribution in [0, 0.1) is 5.82 Å². The summed E-state index contributed by atoms with van der Waals surface area (Å²) in [5, 5.41) is 20.2. The number of pyridine rings is 2. The summed E-state index contributed by atoms with van der Waals surface area (Å²) >= 11 is 0. The molecule has 6 aromatic rings. The van der Waals surface area contributed by atoms with E-state index in [1.165, 1.54) is 16.8 Å². The lowest BCUT2D eigenvalue weighted by atomic mass is 10.0. The maximum atomic E-state index is 15.7. The third-order valence-corrected chi connectivity index (χ3v) is 7.29. The number of amides is 1. The summed E-state index contributed by atoms with van der Waals surface area (Å²) in [7, 11) is 0. The molecule has 0 spiro atoms. The number of rotatable bonds is 5. The van der Waals surface area contributed by atoms with Crippen LogP contribution in [-0.4, -0.2) is 60.2 Å². The number of hydrogen-bond donors (Lipinski definition) is 2. The molecule has 0 aliphatic carbocycles. The third-order valence-electron chi connectivity index (χ3n) is 7.29. The quantitative estimate of drug-likeness (QED) is 0.309. The number of carbonyl (C=O) groups excluding carboxylic acids is 1. The van der Waals surface area contributed by atoms with Crippen molar-refractivity contribution in [3.8, 4) is 16.8 Å². The van der Waals surface area contributed by atoms with Crippen LogP contribution in [0.4, 0.5) is 10.2 Å². The molecule has 2 aromatic carbocycles. The molecule has 7 rings (SSSR count).